The Hall–Kier alpha value is -1.10. The standard InChI is InChI=1S/C11H20N2O3/c1-11(2,6-9(14)15)13-10(16)7-4-3-5-8(7)12/h7-8H,3-6,12H2,1-2H3,(H,13,16)(H,14,15). The molecule has 0 bridgehead atoms. The highest BCUT2D eigenvalue weighted by Gasteiger charge is 2.33. The van der Waals surface area contributed by atoms with Crippen LogP contribution in [0.5, 0.6) is 0 Å². The molecule has 0 heterocycles. The number of rotatable bonds is 4. The Balaban J connectivity index is 2.52. The quantitative estimate of drug-likeness (QED) is 0.652. The van der Waals surface area contributed by atoms with Gasteiger partial charge in [-0.15, -0.1) is 0 Å². The first kappa shape index (κ1) is 13.0. The average Bonchev–Trinajstić information content (AvgIpc) is 2.47. The Bertz CT molecular complexity index is 289. The lowest BCUT2D eigenvalue weighted by atomic mass is 9.97. The van der Waals surface area contributed by atoms with Crippen molar-refractivity contribution in [2.45, 2.75) is 51.1 Å². The minimum atomic E-state index is -0.916. The van der Waals surface area contributed by atoms with E-state index in [4.69, 9.17) is 10.8 Å². The third-order valence-corrected chi connectivity index (χ3v) is 2.96. The first-order chi connectivity index (χ1) is 7.32. The van der Waals surface area contributed by atoms with E-state index >= 15 is 0 Å². The Morgan fingerprint density at radius 2 is 2.06 bits per heavy atom. The van der Waals surface area contributed by atoms with Crippen molar-refractivity contribution in [2.75, 3.05) is 0 Å². The lowest BCUT2D eigenvalue weighted by Crippen LogP contribution is -2.49. The summed E-state index contributed by atoms with van der Waals surface area (Å²) < 4.78 is 0. The molecule has 2 unspecified atom stereocenters. The summed E-state index contributed by atoms with van der Waals surface area (Å²) in [6, 6.07) is -0.0828. The van der Waals surface area contributed by atoms with Gasteiger partial charge < -0.3 is 16.2 Å². The van der Waals surface area contributed by atoms with Crippen LogP contribution < -0.4 is 11.1 Å². The van der Waals surface area contributed by atoms with Gasteiger partial charge in [0.25, 0.3) is 0 Å². The SMILES string of the molecule is CC(C)(CC(=O)O)NC(=O)C1CCCC1N. The van der Waals surface area contributed by atoms with E-state index in [1.165, 1.54) is 0 Å². The average molecular weight is 228 g/mol. The molecular formula is C11H20N2O3. The fourth-order valence-corrected chi connectivity index (χ4v) is 2.16. The summed E-state index contributed by atoms with van der Waals surface area (Å²) in [6.45, 7) is 3.42. The molecule has 4 N–H and O–H groups in total. The van der Waals surface area contributed by atoms with E-state index in [0.29, 0.717) is 0 Å². The summed E-state index contributed by atoms with van der Waals surface area (Å²) in [6.07, 6.45) is 2.56. The van der Waals surface area contributed by atoms with Gasteiger partial charge in [-0.3, -0.25) is 9.59 Å². The monoisotopic (exact) mass is 228 g/mol. The van der Waals surface area contributed by atoms with Gasteiger partial charge in [-0.1, -0.05) is 6.42 Å². The largest absolute Gasteiger partial charge is 0.481 e. The van der Waals surface area contributed by atoms with E-state index in [-0.39, 0.29) is 24.3 Å². The normalized spacial score (nSPS) is 25.4. The maximum absolute atomic E-state index is 11.9. The van der Waals surface area contributed by atoms with Crippen LogP contribution in [0, 0.1) is 5.92 Å². The Labute approximate surface area is 95.4 Å². The highest BCUT2D eigenvalue weighted by atomic mass is 16.4. The molecule has 0 spiro atoms. The van der Waals surface area contributed by atoms with E-state index in [9.17, 15) is 9.59 Å². The smallest absolute Gasteiger partial charge is 0.305 e. The fourth-order valence-electron chi connectivity index (χ4n) is 2.16. The maximum Gasteiger partial charge on any atom is 0.305 e. The van der Waals surface area contributed by atoms with Gasteiger partial charge >= 0.3 is 5.97 Å². The summed E-state index contributed by atoms with van der Waals surface area (Å²) in [5, 5.41) is 11.5. The second-order valence-electron chi connectivity index (χ2n) is 5.14. The van der Waals surface area contributed by atoms with Crippen LogP contribution in [0.2, 0.25) is 0 Å². The minimum absolute atomic E-state index is 0.0826. The number of nitrogens with one attached hydrogen (secondary N) is 1. The van der Waals surface area contributed by atoms with Gasteiger partial charge in [0, 0.05) is 11.6 Å². The number of aliphatic carboxylic acids is 1. The molecule has 1 saturated carbocycles. The number of hydrogen-bond donors (Lipinski definition) is 3. The van der Waals surface area contributed by atoms with Crippen LogP contribution in [0.15, 0.2) is 0 Å². The van der Waals surface area contributed by atoms with Crippen molar-refractivity contribution in [1.29, 1.82) is 0 Å². The summed E-state index contributed by atoms with van der Waals surface area (Å²) in [7, 11) is 0. The molecule has 1 aliphatic carbocycles. The molecule has 1 rings (SSSR count). The molecule has 0 saturated heterocycles. The third-order valence-electron chi connectivity index (χ3n) is 2.96. The number of nitrogens with two attached hydrogens (primary N) is 1. The van der Waals surface area contributed by atoms with E-state index in [1.807, 2.05) is 0 Å². The minimum Gasteiger partial charge on any atom is -0.481 e. The van der Waals surface area contributed by atoms with E-state index < -0.39 is 11.5 Å². The van der Waals surface area contributed by atoms with Crippen LogP contribution >= 0.6 is 0 Å². The first-order valence-corrected chi connectivity index (χ1v) is 5.61. The molecule has 16 heavy (non-hydrogen) atoms. The predicted molar refractivity (Wildman–Crippen MR) is 59.8 cm³/mol. The van der Waals surface area contributed by atoms with Gasteiger partial charge in [0.1, 0.15) is 0 Å². The second kappa shape index (κ2) is 4.82. The highest BCUT2D eigenvalue weighted by molar-refractivity contribution is 5.81. The van der Waals surface area contributed by atoms with Crippen LogP contribution in [0.4, 0.5) is 0 Å². The van der Waals surface area contributed by atoms with Crippen LogP contribution in [0.25, 0.3) is 0 Å². The molecular weight excluding hydrogens is 208 g/mol. The van der Waals surface area contributed by atoms with E-state index in [0.717, 1.165) is 19.3 Å². The van der Waals surface area contributed by atoms with Gasteiger partial charge in [0.05, 0.1) is 12.3 Å². The van der Waals surface area contributed by atoms with Crippen LogP contribution in [-0.2, 0) is 9.59 Å². The van der Waals surface area contributed by atoms with Crippen molar-refractivity contribution in [3.05, 3.63) is 0 Å². The number of carboxylic acid groups (broad SMARTS) is 1. The number of hydrogen-bond acceptors (Lipinski definition) is 3. The van der Waals surface area contributed by atoms with Crippen molar-refractivity contribution >= 4 is 11.9 Å². The molecule has 1 fully saturated rings. The first-order valence-electron chi connectivity index (χ1n) is 5.61. The molecule has 0 aromatic rings. The van der Waals surface area contributed by atoms with Crippen LogP contribution in [0.1, 0.15) is 39.5 Å². The summed E-state index contributed by atoms with van der Waals surface area (Å²) in [5.41, 5.74) is 5.11. The lowest BCUT2D eigenvalue weighted by molar-refractivity contribution is -0.139. The van der Waals surface area contributed by atoms with Gasteiger partial charge in [-0.05, 0) is 26.7 Å². The second-order valence-corrected chi connectivity index (χ2v) is 5.14. The molecule has 0 radical (unpaired) electrons. The molecule has 0 aromatic carbocycles. The molecule has 1 amide bonds. The molecule has 1 aliphatic rings. The van der Waals surface area contributed by atoms with E-state index in [2.05, 4.69) is 5.32 Å². The topological polar surface area (TPSA) is 92.4 Å². The molecule has 0 aromatic heterocycles. The molecule has 5 heteroatoms. The zero-order chi connectivity index (χ0) is 12.3. The maximum atomic E-state index is 11.9. The Morgan fingerprint density at radius 1 is 1.44 bits per heavy atom. The number of carboxylic acids is 1. The van der Waals surface area contributed by atoms with Gasteiger partial charge in [-0.2, -0.15) is 0 Å². The van der Waals surface area contributed by atoms with Crippen molar-refractivity contribution < 1.29 is 14.7 Å². The van der Waals surface area contributed by atoms with Gasteiger partial charge in [-0.25, -0.2) is 0 Å². The number of carbonyl (C=O) groups excluding carboxylic acids is 1. The Kier molecular flexibility index (Phi) is 3.91. The van der Waals surface area contributed by atoms with Crippen LogP contribution in [0.3, 0.4) is 0 Å². The summed E-state index contributed by atoms with van der Waals surface area (Å²) in [4.78, 5) is 22.5. The van der Waals surface area contributed by atoms with Gasteiger partial charge in [0.2, 0.25) is 5.91 Å². The van der Waals surface area contributed by atoms with Crippen molar-refractivity contribution in [2.24, 2.45) is 11.7 Å². The number of amides is 1. The summed E-state index contributed by atoms with van der Waals surface area (Å²) >= 11 is 0. The molecule has 5 nitrogen and oxygen atoms in total. The Morgan fingerprint density at radius 3 is 2.50 bits per heavy atom. The third kappa shape index (κ3) is 3.48. The lowest BCUT2D eigenvalue weighted by Gasteiger charge is -2.27. The zero-order valence-electron chi connectivity index (χ0n) is 9.82. The highest BCUT2D eigenvalue weighted by Crippen LogP contribution is 2.25. The van der Waals surface area contributed by atoms with Crippen molar-refractivity contribution in [3.63, 3.8) is 0 Å². The summed E-state index contributed by atoms with van der Waals surface area (Å²) in [5.74, 6) is -1.19. The molecule has 92 valence electrons. The zero-order valence-corrected chi connectivity index (χ0v) is 9.82. The fraction of sp³-hybridized carbons (Fsp3) is 0.818. The molecule has 0 aliphatic heterocycles. The molecule has 2 atom stereocenters. The predicted octanol–water partition coefficient (Wildman–Crippen LogP) is 0.483. The number of carbonyl (C=O) groups is 2. The van der Waals surface area contributed by atoms with Gasteiger partial charge in [0.15, 0.2) is 0 Å². The van der Waals surface area contributed by atoms with E-state index in [1.54, 1.807) is 13.8 Å². The van der Waals surface area contributed by atoms with Crippen molar-refractivity contribution in [1.82, 2.24) is 5.32 Å². The van der Waals surface area contributed by atoms with Crippen LogP contribution in [-0.4, -0.2) is 28.6 Å². The van der Waals surface area contributed by atoms with Crippen molar-refractivity contribution in [3.8, 4) is 0 Å².